The number of thioether (sulfide) groups is 1. The quantitative estimate of drug-likeness (QED) is 0.191. The summed E-state index contributed by atoms with van der Waals surface area (Å²) in [5.74, 6) is 0. The van der Waals surface area contributed by atoms with Gasteiger partial charge in [-0.15, -0.1) is 11.8 Å². The fourth-order valence-corrected chi connectivity index (χ4v) is 9.83. The van der Waals surface area contributed by atoms with Gasteiger partial charge in [0.2, 0.25) is 10.0 Å². The van der Waals surface area contributed by atoms with E-state index in [0.717, 1.165) is 17.2 Å². The van der Waals surface area contributed by atoms with Gasteiger partial charge in [-0.05, 0) is 59.0 Å². The van der Waals surface area contributed by atoms with Crippen LogP contribution in [0.25, 0.3) is 10.8 Å². The summed E-state index contributed by atoms with van der Waals surface area (Å²) in [5, 5.41) is 2.01. The van der Waals surface area contributed by atoms with Gasteiger partial charge in [0.05, 0.1) is 9.64 Å². The summed E-state index contributed by atoms with van der Waals surface area (Å²) in [6.07, 6.45) is 1.36. The molecule has 2 atom stereocenters. The van der Waals surface area contributed by atoms with Crippen molar-refractivity contribution in [1.29, 1.82) is 0 Å². The second-order valence-electron chi connectivity index (χ2n) is 10.6. The maximum absolute atomic E-state index is 14.2. The van der Waals surface area contributed by atoms with Crippen LogP contribution in [0.15, 0.2) is 138 Å². The highest BCUT2D eigenvalue weighted by Gasteiger charge is 2.46. The molecule has 1 saturated heterocycles. The first-order valence-corrected chi connectivity index (χ1v) is 16.4. The fourth-order valence-electron chi connectivity index (χ4n) is 6.12. The van der Waals surface area contributed by atoms with Crippen LogP contribution in [0.1, 0.15) is 29.5 Å². The molecule has 0 aliphatic carbocycles. The number of nitrogens with zero attached hydrogens (tertiary/aromatic N) is 1. The Bertz CT molecular complexity index is 1610. The minimum absolute atomic E-state index is 0.0578. The molecule has 0 bridgehead atoms. The van der Waals surface area contributed by atoms with Gasteiger partial charge in [0, 0.05) is 17.8 Å². The van der Waals surface area contributed by atoms with Crippen LogP contribution >= 0.6 is 11.8 Å². The van der Waals surface area contributed by atoms with Crippen LogP contribution in [0, 0.1) is 0 Å². The van der Waals surface area contributed by atoms with Gasteiger partial charge < -0.3 is 5.73 Å². The van der Waals surface area contributed by atoms with Crippen LogP contribution in [-0.2, 0) is 14.8 Å². The minimum Gasteiger partial charge on any atom is -0.330 e. The van der Waals surface area contributed by atoms with Gasteiger partial charge in [-0.1, -0.05) is 121 Å². The van der Waals surface area contributed by atoms with Crippen molar-refractivity contribution < 1.29 is 8.42 Å². The maximum atomic E-state index is 14.2. The van der Waals surface area contributed by atoms with Gasteiger partial charge in [0.1, 0.15) is 0 Å². The van der Waals surface area contributed by atoms with Gasteiger partial charge in [-0.2, -0.15) is 4.31 Å². The lowest BCUT2D eigenvalue weighted by Gasteiger charge is -2.37. The lowest BCUT2D eigenvalue weighted by Crippen LogP contribution is -2.37. The lowest BCUT2D eigenvalue weighted by atomic mass is 9.84. The van der Waals surface area contributed by atoms with E-state index in [-0.39, 0.29) is 11.3 Å². The standard InChI is InChI=1S/C35H34N2O2S2/c36-23-22-32-25-33(26-37(32)41(38,39)34-21-20-27-12-10-11-13-28(27)24-34)40-35(29-14-4-1-5-15-29,30-16-6-2-7-17-30)31-18-8-3-9-19-31/h1-21,24,32-33H,22-23,25-26,36H2. The molecule has 2 N–H and O–H groups in total. The maximum Gasteiger partial charge on any atom is 0.243 e. The lowest BCUT2D eigenvalue weighted by molar-refractivity contribution is 0.374. The van der Waals surface area contributed by atoms with Crippen molar-refractivity contribution in [2.45, 2.75) is 33.8 Å². The zero-order valence-electron chi connectivity index (χ0n) is 22.8. The summed E-state index contributed by atoms with van der Waals surface area (Å²) in [6, 6.07) is 44.9. The molecule has 6 heteroatoms. The Morgan fingerprint density at radius 3 is 1.76 bits per heavy atom. The van der Waals surface area contributed by atoms with E-state index in [1.807, 2.05) is 60.3 Å². The highest BCUT2D eigenvalue weighted by Crippen LogP contribution is 2.52. The molecular formula is C35H34N2O2S2. The monoisotopic (exact) mass is 578 g/mol. The van der Waals surface area contributed by atoms with Crippen molar-refractivity contribution in [3.8, 4) is 0 Å². The first-order chi connectivity index (χ1) is 20.0. The highest BCUT2D eigenvalue weighted by molar-refractivity contribution is 8.01. The van der Waals surface area contributed by atoms with Crippen LogP contribution in [0.2, 0.25) is 0 Å². The van der Waals surface area contributed by atoms with Gasteiger partial charge in [0.25, 0.3) is 0 Å². The highest BCUT2D eigenvalue weighted by atomic mass is 32.2. The van der Waals surface area contributed by atoms with Crippen molar-refractivity contribution in [2.24, 2.45) is 5.73 Å². The van der Waals surface area contributed by atoms with E-state index >= 15 is 0 Å². The fraction of sp³-hybridized carbons (Fsp3) is 0.200. The second-order valence-corrected chi connectivity index (χ2v) is 14.0. The first kappa shape index (κ1) is 27.7. The molecule has 0 spiro atoms. The molecule has 1 aliphatic heterocycles. The third kappa shape index (κ3) is 5.33. The molecular weight excluding hydrogens is 545 g/mol. The Hall–Kier alpha value is -3.42. The zero-order valence-corrected chi connectivity index (χ0v) is 24.5. The van der Waals surface area contributed by atoms with E-state index in [0.29, 0.717) is 24.4 Å². The van der Waals surface area contributed by atoms with Crippen molar-refractivity contribution in [1.82, 2.24) is 4.31 Å². The van der Waals surface area contributed by atoms with Crippen molar-refractivity contribution >= 4 is 32.6 Å². The second kappa shape index (κ2) is 11.8. The number of benzene rings is 5. The molecule has 2 unspecified atom stereocenters. The zero-order chi connectivity index (χ0) is 28.3. The van der Waals surface area contributed by atoms with E-state index in [4.69, 9.17) is 5.73 Å². The molecule has 0 aromatic heterocycles. The average Bonchev–Trinajstić information content (AvgIpc) is 3.44. The summed E-state index contributed by atoms with van der Waals surface area (Å²) in [7, 11) is -3.72. The number of fused-ring (bicyclic) bond motifs is 1. The van der Waals surface area contributed by atoms with Gasteiger partial charge >= 0.3 is 0 Å². The minimum atomic E-state index is -3.72. The molecule has 1 heterocycles. The summed E-state index contributed by atoms with van der Waals surface area (Å²) < 4.78 is 29.5. The van der Waals surface area contributed by atoms with Crippen LogP contribution in [-0.4, -0.2) is 37.1 Å². The Kier molecular flexibility index (Phi) is 8.00. The van der Waals surface area contributed by atoms with E-state index in [9.17, 15) is 8.42 Å². The number of hydrogen-bond acceptors (Lipinski definition) is 4. The van der Waals surface area contributed by atoms with E-state index in [1.165, 1.54) is 16.7 Å². The molecule has 0 radical (unpaired) electrons. The molecule has 1 fully saturated rings. The molecule has 5 aromatic rings. The van der Waals surface area contributed by atoms with Gasteiger partial charge in [-0.3, -0.25) is 0 Å². The van der Waals surface area contributed by atoms with Gasteiger partial charge in [-0.25, -0.2) is 8.42 Å². The van der Waals surface area contributed by atoms with E-state index in [2.05, 4.69) is 72.8 Å². The smallest absolute Gasteiger partial charge is 0.243 e. The van der Waals surface area contributed by atoms with Crippen molar-refractivity contribution in [3.05, 3.63) is 150 Å². The largest absolute Gasteiger partial charge is 0.330 e. The molecule has 0 saturated carbocycles. The Balaban J connectivity index is 1.42. The normalized spacial score (nSPS) is 18.1. The topological polar surface area (TPSA) is 63.4 Å². The SMILES string of the molecule is NCCC1CC(SC(c2ccccc2)(c2ccccc2)c2ccccc2)CN1S(=O)(=O)c1ccc2ccccc2c1. The van der Waals surface area contributed by atoms with Crippen LogP contribution in [0.5, 0.6) is 0 Å². The Morgan fingerprint density at radius 2 is 1.22 bits per heavy atom. The van der Waals surface area contributed by atoms with Crippen molar-refractivity contribution in [3.63, 3.8) is 0 Å². The van der Waals surface area contributed by atoms with Crippen molar-refractivity contribution in [2.75, 3.05) is 13.1 Å². The molecule has 1 aliphatic rings. The van der Waals surface area contributed by atoms with Crippen LogP contribution in [0.3, 0.4) is 0 Å². The summed E-state index contributed by atoms with van der Waals surface area (Å²) in [4.78, 5) is 0.337. The van der Waals surface area contributed by atoms with E-state index in [1.54, 1.807) is 16.4 Å². The molecule has 6 rings (SSSR count). The van der Waals surface area contributed by atoms with E-state index < -0.39 is 14.8 Å². The number of sulfonamides is 1. The Morgan fingerprint density at radius 1 is 0.707 bits per heavy atom. The van der Waals surface area contributed by atoms with Gasteiger partial charge in [0.15, 0.2) is 0 Å². The average molecular weight is 579 g/mol. The predicted molar refractivity (Wildman–Crippen MR) is 171 cm³/mol. The molecule has 4 nitrogen and oxygen atoms in total. The molecule has 208 valence electrons. The number of rotatable bonds is 9. The summed E-state index contributed by atoms with van der Waals surface area (Å²) >= 11 is 1.86. The summed E-state index contributed by atoms with van der Waals surface area (Å²) in [6.45, 7) is 0.867. The third-order valence-electron chi connectivity index (χ3n) is 8.04. The molecule has 41 heavy (non-hydrogen) atoms. The molecule has 5 aromatic carbocycles. The Labute approximate surface area is 247 Å². The summed E-state index contributed by atoms with van der Waals surface area (Å²) in [5.41, 5.74) is 9.57. The van der Waals surface area contributed by atoms with Crippen LogP contribution < -0.4 is 5.73 Å². The number of nitrogens with two attached hydrogens (primary N) is 1. The number of hydrogen-bond donors (Lipinski definition) is 1. The third-order valence-corrected chi connectivity index (χ3v) is 11.7. The first-order valence-electron chi connectivity index (χ1n) is 14.1. The van der Waals surface area contributed by atoms with Crippen LogP contribution in [0.4, 0.5) is 0 Å². The molecule has 0 amide bonds. The predicted octanol–water partition coefficient (Wildman–Crippen LogP) is 7.05.